The Balaban J connectivity index is 0.00000181. The van der Waals surface area contributed by atoms with Gasteiger partial charge >= 0.3 is 0 Å². The Morgan fingerprint density at radius 2 is 1.73 bits per heavy atom. The van der Waals surface area contributed by atoms with Gasteiger partial charge in [-0.05, 0) is 18.6 Å². The van der Waals surface area contributed by atoms with Gasteiger partial charge in [0.2, 0.25) is 11.8 Å². The Kier molecular flexibility index (Phi) is 11.3. The third-order valence-electron chi connectivity index (χ3n) is 5.70. The van der Waals surface area contributed by atoms with Crippen LogP contribution in [0.1, 0.15) is 16.8 Å². The molecule has 1 aromatic heterocycles. The molecule has 3 amide bonds. The average Bonchev–Trinajstić information content (AvgIpc) is 3.26. The molecule has 2 aliphatic heterocycles. The van der Waals surface area contributed by atoms with Crippen LogP contribution in [0.3, 0.4) is 0 Å². The summed E-state index contributed by atoms with van der Waals surface area (Å²) in [5, 5.41) is 6.92. The van der Waals surface area contributed by atoms with Crippen LogP contribution in [0.2, 0.25) is 0 Å². The number of nitrogens with zero attached hydrogens (tertiary/aromatic N) is 3. The molecule has 0 bridgehead atoms. The molecule has 4 N–H and O–H groups in total. The molecule has 1 aromatic carbocycles. The second kappa shape index (κ2) is 12.9. The molecule has 33 heavy (non-hydrogen) atoms. The molecule has 182 valence electrons. The van der Waals surface area contributed by atoms with Gasteiger partial charge in [0, 0.05) is 50.3 Å². The van der Waals surface area contributed by atoms with E-state index in [0.717, 1.165) is 10.9 Å². The molecular formula is C21H29Cl3N6O3. The fourth-order valence-electron chi connectivity index (χ4n) is 4.04. The van der Waals surface area contributed by atoms with Gasteiger partial charge in [-0.2, -0.15) is 0 Å². The van der Waals surface area contributed by atoms with Crippen molar-refractivity contribution >= 4 is 65.8 Å². The minimum Gasteiger partial charge on any atom is -0.351 e. The Hall–Kier alpha value is -2.17. The first-order valence-electron chi connectivity index (χ1n) is 10.2. The van der Waals surface area contributed by atoms with Crippen molar-refractivity contribution in [2.75, 3.05) is 39.3 Å². The van der Waals surface area contributed by atoms with E-state index in [1.807, 2.05) is 30.3 Å². The minimum atomic E-state index is -0.319. The van der Waals surface area contributed by atoms with Crippen LogP contribution in [0.25, 0.3) is 10.9 Å². The fourth-order valence-corrected chi connectivity index (χ4v) is 4.04. The highest BCUT2D eigenvalue weighted by atomic mass is 35.5. The number of nitrogens with one attached hydrogen (secondary N) is 2. The van der Waals surface area contributed by atoms with Crippen LogP contribution >= 0.6 is 37.2 Å². The summed E-state index contributed by atoms with van der Waals surface area (Å²) in [4.78, 5) is 45.0. The van der Waals surface area contributed by atoms with E-state index in [-0.39, 0.29) is 73.6 Å². The Labute approximate surface area is 211 Å². The van der Waals surface area contributed by atoms with Gasteiger partial charge in [0.15, 0.2) is 0 Å². The number of carbonyl (C=O) groups is 3. The minimum absolute atomic E-state index is 0. The maximum atomic E-state index is 12.9. The molecule has 2 fully saturated rings. The first kappa shape index (κ1) is 28.9. The predicted molar refractivity (Wildman–Crippen MR) is 133 cm³/mol. The van der Waals surface area contributed by atoms with Gasteiger partial charge in [-0.15, -0.1) is 37.2 Å². The molecule has 0 radical (unpaired) electrons. The number of amides is 3. The van der Waals surface area contributed by atoms with Gasteiger partial charge in [0.1, 0.15) is 0 Å². The van der Waals surface area contributed by atoms with Gasteiger partial charge in [0.25, 0.3) is 5.91 Å². The summed E-state index contributed by atoms with van der Waals surface area (Å²) in [5.74, 6) is -0.270. The Morgan fingerprint density at radius 3 is 2.42 bits per heavy atom. The van der Waals surface area contributed by atoms with E-state index in [0.29, 0.717) is 44.7 Å². The van der Waals surface area contributed by atoms with Crippen LogP contribution in [-0.4, -0.2) is 83.9 Å². The predicted octanol–water partition coefficient (Wildman–Crippen LogP) is 0.590. The van der Waals surface area contributed by atoms with E-state index in [2.05, 4.69) is 15.6 Å². The van der Waals surface area contributed by atoms with Crippen molar-refractivity contribution < 1.29 is 14.4 Å². The summed E-state index contributed by atoms with van der Waals surface area (Å²) in [6.07, 6.45) is 2.16. The molecule has 9 nitrogen and oxygen atoms in total. The van der Waals surface area contributed by atoms with Crippen LogP contribution in [0, 0.1) is 0 Å². The molecule has 4 rings (SSSR count). The molecule has 12 heteroatoms. The number of hydrogen-bond acceptors (Lipinski definition) is 6. The summed E-state index contributed by atoms with van der Waals surface area (Å²) >= 11 is 0. The molecule has 1 unspecified atom stereocenters. The van der Waals surface area contributed by atoms with Crippen molar-refractivity contribution in [2.24, 2.45) is 5.73 Å². The summed E-state index contributed by atoms with van der Waals surface area (Å²) in [7, 11) is 0. The van der Waals surface area contributed by atoms with Crippen molar-refractivity contribution in [1.82, 2.24) is 25.4 Å². The van der Waals surface area contributed by atoms with Crippen molar-refractivity contribution in [2.45, 2.75) is 18.5 Å². The summed E-state index contributed by atoms with van der Waals surface area (Å²) in [5.41, 5.74) is 6.74. The highest BCUT2D eigenvalue weighted by Crippen LogP contribution is 2.16. The Morgan fingerprint density at radius 1 is 1.06 bits per heavy atom. The molecule has 0 spiro atoms. The number of benzene rings is 1. The number of pyridine rings is 1. The number of para-hydroxylation sites is 1. The van der Waals surface area contributed by atoms with E-state index in [1.54, 1.807) is 16.0 Å². The lowest BCUT2D eigenvalue weighted by Crippen LogP contribution is -2.54. The highest BCUT2D eigenvalue weighted by molar-refractivity contribution is 5.97. The summed E-state index contributed by atoms with van der Waals surface area (Å²) in [6, 6.07) is 9.15. The van der Waals surface area contributed by atoms with E-state index < -0.39 is 0 Å². The molecule has 2 aliphatic rings. The number of nitrogens with two attached hydrogens (primary N) is 1. The van der Waals surface area contributed by atoms with E-state index in [4.69, 9.17) is 5.73 Å². The van der Waals surface area contributed by atoms with Crippen molar-refractivity contribution in [3.63, 3.8) is 0 Å². The first-order valence-corrected chi connectivity index (χ1v) is 10.2. The van der Waals surface area contributed by atoms with Crippen molar-refractivity contribution in [1.29, 1.82) is 0 Å². The zero-order chi connectivity index (χ0) is 21.1. The lowest BCUT2D eigenvalue weighted by atomic mass is 10.1. The molecule has 2 saturated heterocycles. The van der Waals surface area contributed by atoms with E-state index in [1.165, 1.54) is 0 Å². The molecule has 2 aromatic rings. The molecule has 0 aliphatic carbocycles. The van der Waals surface area contributed by atoms with Gasteiger partial charge in [0.05, 0.1) is 23.7 Å². The third kappa shape index (κ3) is 6.68. The summed E-state index contributed by atoms with van der Waals surface area (Å²) < 4.78 is 0. The van der Waals surface area contributed by atoms with Crippen LogP contribution in [-0.2, 0) is 9.59 Å². The van der Waals surface area contributed by atoms with Gasteiger partial charge in [-0.3, -0.25) is 19.4 Å². The number of carbonyl (C=O) groups excluding carboxylic acids is 3. The largest absolute Gasteiger partial charge is 0.351 e. The number of hydrogen-bond donors (Lipinski definition) is 3. The number of rotatable bonds is 4. The second-order valence-corrected chi connectivity index (χ2v) is 7.70. The smallest absolute Gasteiger partial charge is 0.255 e. The van der Waals surface area contributed by atoms with Gasteiger partial charge in [-0.1, -0.05) is 18.2 Å². The fraction of sp³-hybridized carbons (Fsp3) is 0.429. The number of halogens is 3. The van der Waals surface area contributed by atoms with Crippen LogP contribution in [0.4, 0.5) is 0 Å². The number of piperazine rings is 1. The van der Waals surface area contributed by atoms with Crippen LogP contribution in [0.5, 0.6) is 0 Å². The lowest BCUT2D eigenvalue weighted by molar-refractivity contribution is -0.134. The van der Waals surface area contributed by atoms with Crippen LogP contribution < -0.4 is 16.4 Å². The number of fused-ring (bicyclic) bond motifs is 1. The van der Waals surface area contributed by atoms with E-state index >= 15 is 0 Å². The van der Waals surface area contributed by atoms with E-state index in [9.17, 15) is 14.4 Å². The SMILES string of the molecule is Cl.Cl.Cl.NCC(=O)NC1CN[C@@H](C(=O)N2CCN(C(=O)c3cnc4ccccc4c3)CC2)C1. The summed E-state index contributed by atoms with van der Waals surface area (Å²) in [6.45, 7) is 2.44. The quantitative estimate of drug-likeness (QED) is 0.544. The molecule has 3 heterocycles. The average molecular weight is 520 g/mol. The molecular weight excluding hydrogens is 491 g/mol. The first-order chi connectivity index (χ1) is 14.5. The number of aromatic nitrogens is 1. The van der Waals surface area contributed by atoms with Crippen molar-refractivity contribution in [3.05, 3.63) is 42.1 Å². The molecule has 0 saturated carbocycles. The van der Waals surface area contributed by atoms with Gasteiger partial charge in [-0.25, -0.2) is 0 Å². The zero-order valence-corrected chi connectivity index (χ0v) is 20.4. The zero-order valence-electron chi connectivity index (χ0n) is 17.9. The Bertz CT molecular complexity index is 971. The maximum Gasteiger partial charge on any atom is 0.255 e. The highest BCUT2D eigenvalue weighted by Gasteiger charge is 2.34. The van der Waals surface area contributed by atoms with Crippen LogP contribution in [0.15, 0.2) is 36.5 Å². The van der Waals surface area contributed by atoms with Gasteiger partial charge < -0.3 is 26.2 Å². The monoisotopic (exact) mass is 518 g/mol. The maximum absolute atomic E-state index is 12.9. The lowest BCUT2D eigenvalue weighted by Gasteiger charge is -2.36. The third-order valence-corrected chi connectivity index (χ3v) is 5.70. The standard InChI is InChI=1S/C21H26N6O3.3ClH/c22-11-19(28)25-16-10-18(24-13-16)21(30)27-7-5-26(6-8-27)20(29)15-9-14-3-1-2-4-17(14)23-12-15;;;/h1-4,9,12,16,18,24H,5-8,10-11,13,22H2,(H,25,28);3*1H/t16?,18-;;;/m1.../s1. The topological polar surface area (TPSA) is 121 Å². The normalized spacial score (nSPS) is 19.7. The van der Waals surface area contributed by atoms with Crippen molar-refractivity contribution in [3.8, 4) is 0 Å². The second-order valence-electron chi connectivity index (χ2n) is 7.70. The molecule has 2 atom stereocenters.